The molecule has 1 unspecified atom stereocenters. The molecule has 0 heterocycles. The van der Waals surface area contributed by atoms with Crippen LogP contribution in [0.3, 0.4) is 0 Å². The molecule has 2 N–H and O–H groups in total. The minimum atomic E-state index is 0.110. The van der Waals surface area contributed by atoms with Crippen LogP contribution in [0.25, 0.3) is 0 Å². The van der Waals surface area contributed by atoms with E-state index in [-0.39, 0.29) is 6.61 Å². The molecular formula is C18H23NO. The number of hydrogen-bond donors (Lipinski definition) is 2. The van der Waals surface area contributed by atoms with E-state index in [9.17, 15) is 0 Å². The lowest BCUT2D eigenvalue weighted by molar-refractivity contribution is 0.282. The Morgan fingerprint density at radius 3 is 2.15 bits per heavy atom. The molecule has 0 aromatic heterocycles. The van der Waals surface area contributed by atoms with E-state index in [1.54, 1.807) is 0 Å². The maximum Gasteiger partial charge on any atom is 0.0681 e. The maximum absolute atomic E-state index is 9.03. The van der Waals surface area contributed by atoms with Crippen LogP contribution in [0.2, 0.25) is 0 Å². The quantitative estimate of drug-likeness (QED) is 0.808. The zero-order valence-electron chi connectivity index (χ0n) is 12.0. The van der Waals surface area contributed by atoms with Gasteiger partial charge in [-0.15, -0.1) is 0 Å². The SMILES string of the molecule is CCC(Cc1ccccc1)NCc1ccc(CO)cc1. The van der Waals surface area contributed by atoms with Crippen molar-refractivity contribution in [1.29, 1.82) is 0 Å². The molecule has 2 aromatic carbocycles. The summed E-state index contributed by atoms with van der Waals surface area (Å²) in [6.45, 7) is 3.20. The summed E-state index contributed by atoms with van der Waals surface area (Å²) in [6.07, 6.45) is 2.18. The van der Waals surface area contributed by atoms with E-state index >= 15 is 0 Å². The van der Waals surface area contributed by atoms with Gasteiger partial charge >= 0.3 is 0 Å². The van der Waals surface area contributed by atoms with Gasteiger partial charge in [0.1, 0.15) is 0 Å². The van der Waals surface area contributed by atoms with Crippen molar-refractivity contribution >= 4 is 0 Å². The Morgan fingerprint density at radius 2 is 1.55 bits per heavy atom. The van der Waals surface area contributed by atoms with Gasteiger partial charge in [0.25, 0.3) is 0 Å². The van der Waals surface area contributed by atoms with Crippen LogP contribution in [0.15, 0.2) is 54.6 Å². The Labute approximate surface area is 121 Å². The summed E-state index contributed by atoms with van der Waals surface area (Å²) in [5.41, 5.74) is 3.60. The number of aliphatic hydroxyl groups excluding tert-OH is 1. The van der Waals surface area contributed by atoms with Gasteiger partial charge in [-0.1, -0.05) is 61.5 Å². The highest BCUT2D eigenvalue weighted by atomic mass is 16.3. The fraction of sp³-hybridized carbons (Fsp3) is 0.333. The highest BCUT2D eigenvalue weighted by Crippen LogP contribution is 2.08. The van der Waals surface area contributed by atoms with Gasteiger partial charge in [-0.05, 0) is 29.5 Å². The van der Waals surface area contributed by atoms with Gasteiger partial charge in [0.15, 0.2) is 0 Å². The van der Waals surface area contributed by atoms with E-state index < -0.39 is 0 Å². The standard InChI is InChI=1S/C18H23NO/c1-2-18(12-15-6-4-3-5-7-15)19-13-16-8-10-17(14-20)11-9-16/h3-11,18-20H,2,12-14H2,1H3. The second-order valence-electron chi connectivity index (χ2n) is 5.15. The summed E-state index contributed by atoms with van der Waals surface area (Å²) in [5.74, 6) is 0. The van der Waals surface area contributed by atoms with E-state index in [1.807, 2.05) is 12.1 Å². The Hall–Kier alpha value is -1.64. The highest BCUT2D eigenvalue weighted by molar-refractivity contribution is 5.22. The minimum absolute atomic E-state index is 0.110. The first-order valence-corrected chi connectivity index (χ1v) is 7.27. The molecule has 0 spiro atoms. The summed E-state index contributed by atoms with van der Waals surface area (Å²) >= 11 is 0. The molecule has 0 aliphatic heterocycles. The van der Waals surface area contributed by atoms with Crippen LogP contribution in [0.1, 0.15) is 30.0 Å². The van der Waals surface area contributed by atoms with Crippen LogP contribution in [-0.2, 0) is 19.6 Å². The molecule has 0 saturated carbocycles. The number of benzene rings is 2. The van der Waals surface area contributed by atoms with Crippen molar-refractivity contribution in [1.82, 2.24) is 5.32 Å². The van der Waals surface area contributed by atoms with Crippen molar-refractivity contribution in [3.8, 4) is 0 Å². The average molecular weight is 269 g/mol. The van der Waals surface area contributed by atoms with Crippen LogP contribution < -0.4 is 5.32 Å². The Bertz CT molecular complexity index is 493. The molecule has 0 saturated heterocycles. The van der Waals surface area contributed by atoms with Crippen LogP contribution in [0, 0.1) is 0 Å². The van der Waals surface area contributed by atoms with Crippen molar-refractivity contribution in [3.63, 3.8) is 0 Å². The Morgan fingerprint density at radius 1 is 0.900 bits per heavy atom. The zero-order chi connectivity index (χ0) is 14.2. The van der Waals surface area contributed by atoms with E-state index in [1.165, 1.54) is 11.1 Å². The largest absolute Gasteiger partial charge is 0.392 e. The van der Waals surface area contributed by atoms with Crippen LogP contribution in [0.5, 0.6) is 0 Å². The third-order valence-electron chi connectivity index (χ3n) is 3.62. The average Bonchev–Trinajstić information content (AvgIpc) is 2.53. The molecule has 0 amide bonds. The summed E-state index contributed by atoms with van der Waals surface area (Å²) < 4.78 is 0. The predicted molar refractivity (Wildman–Crippen MR) is 83.4 cm³/mol. The number of nitrogens with one attached hydrogen (secondary N) is 1. The molecule has 20 heavy (non-hydrogen) atoms. The molecule has 0 bridgehead atoms. The molecular weight excluding hydrogens is 246 g/mol. The monoisotopic (exact) mass is 269 g/mol. The lowest BCUT2D eigenvalue weighted by Gasteiger charge is -2.17. The van der Waals surface area contributed by atoms with Gasteiger partial charge in [0.05, 0.1) is 6.61 Å². The normalized spacial score (nSPS) is 12.3. The second-order valence-corrected chi connectivity index (χ2v) is 5.15. The van der Waals surface area contributed by atoms with Crippen molar-refractivity contribution in [2.45, 2.75) is 39.0 Å². The van der Waals surface area contributed by atoms with Crippen LogP contribution in [-0.4, -0.2) is 11.1 Å². The molecule has 106 valence electrons. The minimum Gasteiger partial charge on any atom is -0.392 e. The van der Waals surface area contributed by atoms with Crippen LogP contribution >= 0.6 is 0 Å². The smallest absolute Gasteiger partial charge is 0.0681 e. The number of rotatable bonds is 7. The molecule has 0 aliphatic carbocycles. The lowest BCUT2D eigenvalue weighted by Crippen LogP contribution is -2.30. The van der Waals surface area contributed by atoms with Gasteiger partial charge in [0, 0.05) is 12.6 Å². The maximum atomic E-state index is 9.03. The van der Waals surface area contributed by atoms with Gasteiger partial charge in [-0.25, -0.2) is 0 Å². The Kier molecular flexibility index (Phi) is 5.78. The lowest BCUT2D eigenvalue weighted by atomic mass is 10.0. The third kappa shape index (κ3) is 4.48. The molecule has 2 rings (SSSR count). The fourth-order valence-corrected chi connectivity index (χ4v) is 2.28. The molecule has 2 heteroatoms. The second kappa shape index (κ2) is 7.83. The molecule has 2 nitrogen and oxygen atoms in total. The van der Waals surface area contributed by atoms with E-state index in [0.29, 0.717) is 6.04 Å². The van der Waals surface area contributed by atoms with Crippen molar-refractivity contribution < 1.29 is 5.11 Å². The topological polar surface area (TPSA) is 32.3 Å². The van der Waals surface area contributed by atoms with Gasteiger partial charge in [-0.2, -0.15) is 0 Å². The first-order chi connectivity index (χ1) is 9.81. The van der Waals surface area contributed by atoms with Crippen molar-refractivity contribution in [2.75, 3.05) is 0 Å². The first-order valence-electron chi connectivity index (χ1n) is 7.27. The van der Waals surface area contributed by atoms with Crippen molar-refractivity contribution in [2.24, 2.45) is 0 Å². The molecule has 0 fully saturated rings. The third-order valence-corrected chi connectivity index (χ3v) is 3.62. The number of hydrogen-bond acceptors (Lipinski definition) is 2. The highest BCUT2D eigenvalue weighted by Gasteiger charge is 2.06. The molecule has 2 aromatic rings. The number of aliphatic hydroxyl groups is 1. The molecule has 0 radical (unpaired) electrons. The van der Waals surface area contributed by atoms with Gasteiger partial charge < -0.3 is 10.4 Å². The van der Waals surface area contributed by atoms with Crippen LogP contribution in [0.4, 0.5) is 0 Å². The van der Waals surface area contributed by atoms with E-state index in [2.05, 4.69) is 54.7 Å². The van der Waals surface area contributed by atoms with Crippen molar-refractivity contribution in [3.05, 3.63) is 71.3 Å². The van der Waals surface area contributed by atoms with E-state index in [4.69, 9.17) is 5.11 Å². The molecule has 0 aliphatic rings. The predicted octanol–water partition coefficient (Wildman–Crippen LogP) is 3.29. The Balaban J connectivity index is 1.86. The first kappa shape index (κ1) is 14.8. The summed E-state index contributed by atoms with van der Waals surface area (Å²) in [5, 5.41) is 12.6. The zero-order valence-corrected chi connectivity index (χ0v) is 12.0. The fourth-order valence-electron chi connectivity index (χ4n) is 2.28. The summed E-state index contributed by atoms with van der Waals surface area (Å²) in [4.78, 5) is 0. The van der Waals surface area contributed by atoms with Gasteiger partial charge in [0.2, 0.25) is 0 Å². The summed E-state index contributed by atoms with van der Waals surface area (Å²) in [7, 11) is 0. The van der Waals surface area contributed by atoms with Gasteiger partial charge in [-0.3, -0.25) is 0 Å². The molecule has 1 atom stereocenters. The summed E-state index contributed by atoms with van der Waals surface area (Å²) in [6, 6.07) is 19.2. The van der Waals surface area contributed by atoms with E-state index in [0.717, 1.165) is 24.9 Å².